The van der Waals surface area contributed by atoms with E-state index in [1.807, 2.05) is 0 Å². The number of piperidine rings is 1. The van der Waals surface area contributed by atoms with Gasteiger partial charge in [-0.2, -0.15) is 22.7 Å². The molecule has 1 unspecified atom stereocenters. The van der Waals surface area contributed by atoms with E-state index < -0.39 is 5.60 Å². The molecule has 102 valence electrons. The highest BCUT2D eigenvalue weighted by atomic mass is 32.1. The third-order valence-electron chi connectivity index (χ3n) is 4.14. The molecular weight excluding hydrogens is 274 g/mol. The Morgan fingerprint density at radius 1 is 1.21 bits per heavy atom. The van der Waals surface area contributed by atoms with Gasteiger partial charge in [-0.1, -0.05) is 0 Å². The third kappa shape index (κ3) is 2.38. The first-order valence-corrected chi connectivity index (χ1v) is 8.56. The molecule has 2 aromatic rings. The van der Waals surface area contributed by atoms with E-state index in [2.05, 4.69) is 45.6 Å². The Balaban J connectivity index is 2.01. The quantitative estimate of drug-likeness (QED) is 0.937. The fourth-order valence-electron chi connectivity index (χ4n) is 3.11. The van der Waals surface area contributed by atoms with Crippen LogP contribution in [-0.4, -0.2) is 30.1 Å². The molecule has 1 N–H and O–H groups in total. The molecule has 1 aliphatic rings. The van der Waals surface area contributed by atoms with Crippen molar-refractivity contribution < 1.29 is 5.11 Å². The summed E-state index contributed by atoms with van der Waals surface area (Å²) in [5.41, 5.74) is 1.28. The SMILES string of the molecule is CN1CCCC(C(O)(c2ccsc2)c2ccsc2)C1. The number of likely N-dealkylation sites (tertiary alicyclic amines) is 1. The van der Waals surface area contributed by atoms with Crippen molar-refractivity contribution in [2.24, 2.45) is 5.92 Å². The van der Waals surface area contributed by atoms with Crippen LogP contribution in [0.4, 0.5) is 0 Å². The standard InChI is InChI=1S/C15H19NOS2/c1-16-6-2-3-12(9-16)15(17,13-4-7-18-10-13)14-5-8-19-11-14/h4-5,7-8,10-12,17H,2-3,6,9H2,1H3. The fourth-order valence-corrected chi connectivity index (χ4v) is 4.53. The smallest absolute Gasteiger partial charge is 0.120 e. The van der Waals surface area contributed by atoms with E-state index in [9.17, 15) is 5.11 Å². The van der Waals surface area contributed by atoms with Crippen molar-refractivity contribution in [2.45, 2.75) is 18.4 Å². The average Bonchev–Trinajstić information content (AvgIpc) is 3.11. The van der Waals surface area contributed by atoms with Crippen molar-refractivity contribution in [2.75, 3.05) is 20.1 Å². The largest absolute Gasteiger partial charge is 0.380 e. The lowest BCUT2D eigenvalue weighted by molar-refractivity contribution is -0.0145. The molecule has 0 bridgehead atoms. The molecule has 0 aliphatic carbocycles. The van der Waals surface area contributed by atoms with Crippen molar-refractivity contribution in [1.29, 1.82) is 0 Å². The van der Waals surface area contributed by atoms with Gasteiger partial charge >= 0.3 is 0 Å². The summed E-state index contributed by atoms with van der Waals surface area (Å²) in [7, 11) is 2.15. The molecule has 1 fully saturated rings. The molecule has 3 heterocycles. The maximum Gasteiger partial charge on any atom is 0.120 e. The van der Waals surface area contributed by atoms with Gasteiger partial charge in [0.05, 0.1) is 0 Å². The molecule has 1 saturated heterocycles. The predicted molar refractivity (Wildman–Crippen MR) is 81.9 cm³/mol. The lowest BCUT2D eigenvalue weighted by atomic mass is 9.74. The molecule has 3 rings (SSSR count). The number of aliphatic hydroxyl groups is 1. The summed E-state index contributed by atoms with van der Waals surface area (Å²) in [5, 5.41) is 19.7. The number of rotatable bonds is 3. The Kier molecular flexibility index (Phi) is 3.76. The summed E-state index contributed by atoms with van der Waals surface area (Å²) >= 11 is 3.32. The van der Waals surface area contributed by atoms with Crippen LogP contribution in [0.15, 0.2) is 33.7 Å². The van der Waals surface area contributed by atoms with Gasteiger partial charge in [0.25, 0.3) is 0 Å². The minimum Gasteiger partial charge on any atom is -0.380 e. The van der Waals surface area contributed by atoms with Gasteiger partial charge in [0.15, 0.2) is 0 Å². The molecule has 1 aliphatic heterocycles. The Bertz CT molecular complexity index is 472. The molecule has 0 spiro atoms. The Hall–Kier alpha value is -0.680. The van der Waals surface area contributed by atoms with Gasteiger partial charge in [0.2, 0.25) is 0 Å². The Morgan fingerprint density at radius 2 is 1.84 bits per heavy atom. The number of thiophene rings is 2. The van der Waals surface area contributed by atoms with Gasteiger partial charge in [0, 0.05) is 12.5 Å². The monoisotopic (exact) mass is 293 g/mol. The first-order chi connectivity index (χ1) is 9.21. The predicted octanol–water partition coefficient (Wildman–Crippen LogP) is 3.39. The number of hydrogen-bond acceptors (Lipinski definition) is 4. The van der Waals surface area contributed by atoms with Crippen LogP contribution in [0.5, 0.6) is 0 Å². The fraction of sp³-hybridized carbons (Fsp3) is 0.467. The summed E-state index contributed by atoms with van der Waals surface area (Å²) in [6, 6.07) is 4.13. The molecule has 4 heteroatoms. The highest BCUT2D eigenvalue weighted by Gasteiger charge is 2.42. The summed E-state index contributed by atoms with van der Waals surface area (Å²) in [5.74, 6) is 0.274. The molecule has 0 saturated carbocycles. The van der Waals surface area contributed by atoms with Crippen LogP contribution in [0.3, 0.4) is 0 Å². The lowest BCUT2D eigenvalue weighted by Gasteiger charge is -2.41. The van der Waals surface area contributed by atoms with E-state index in [-0.39, 0.29) is 5.92 Å². The maximum absolute atomic E-state index is 11.5. The summed E-state index contributed by atoms with van der Waals surface area (Å²) < 4.78 is 0. The minimum atomic E-state index is -0.825. The van der Waals surface area contributed by atoms with Gasteiger partial charge in [-0.3, -0.25) is 0 Å². The number of hydrogen-bond donors (Lipinski definition) is 1. The van der Waals surface area contributed by atoms with Gasteiger partial charge in [0.1, 0.15) is 5.60 Å². The number of nitrogens with zero attached hydrogens (tertiary/aromatic N) is 1. The van der Waals surface area contributed by atoms with Crippen molar-refractivity contribution in [1.82, 2.24) is 4.90 Å². The second-order valence-electron chi connectivity index (χ2n) is 5.39. The second-order valence-corrected chi connectivity index (χ2v) is 6.95. The second kappa shape index (κ2) is 5.37. The van der Waals surface area contributed by atoms with E-state index in [0.29, 0.717) is 0 Å². The maximum atomic E-state index is 11.5. The molecule has 2 aromatic heterocycles. The highest BCUT2D eigenvalue weighted by molar-refractivity contribution is 7.08. The van der Waals surface area contributed by atoms with Gasteiger partial charge < -0.3 is 10.0 Å². The zero-order valence-corrected chi connectivity index (χ0v) is 12.7. The van der Waals surface area contributed by atoms with Gasteiger partial charge in [-0.25, -0.2) is 0 Å². The molecule has 1 atom stereocenters. The topological polar surface area (TPSA) is 23.5 Å². The molecule has 2 nitrogen and oxygen atoms in total. The van der Waals surface area contributed by atoms with Crippen LogP contribution in [0, 0.1) is 5.92 Å². The van der Waals surface area contributed by atoms with E-state index in [0.717, 1.165) is 37.1 Å². The summed E-state index contributed by atoms with van der Waals surface area (Å²) in [6.45, 7) is 2.10. The van der Waals surface area contributed by atoms with Crippen molar-refractivity contribution >= 4 is 22.7 Å². The highest BCUT2D eigenvalue weighted by Crippen LogP contribution is 2.42. The van der Waals surface area contributed by atoms with E-state index >= 15 is 0 Å². The van der Waals surface area contributed by atoms with Crippen LogP contribution in [0.25, 0.3) is 0 Å². The minimum absolute atomic E-state index is 0.274. The van der Waals surface area contributed by atoms with Crippen molar-refractivity contribution in [3.05, 3.63) is 44.8 Å². The molecule has 0 amide bonds. The molecule has 0 radical (unpaired) electrons. The van der Waals surface area contributed by atoms with E-state index in [1.54, 1.807) is 22.7 Å². The zero-order chi connectivity index (χ0) is 13.3. The zero-order valence-electron chi connectivity index (χ0n) is 11.1. The molecule has 19 heavy (non-hydrogen) atoms. The summed E-state index contributed by atoms with van der Waals surface area (Å²) in [6.07, 6.45) is 2.25. The average molecular weight is 293 g/mol. The Labute approximate surface area is 122 Å². The van der Waals surface area contributed by atoms with Crippen LogP contribution in [0.2, 0.25) is 0 Å². The Morgan fingerprint density at radius 3 is 2.32 bits per heavy atom. The molecule has 0 aromatic carbocycles. The normalized spacial score (nSPS) is 21.7. The first-order valence-electron chi connectivity index (χ1n) is 6.67. The molecular formula is C15H19NOS2. The van der Waals surface area contributed by atoms with Crippen LogP contribution in [0.1, 0.15) is 24.0 Å². The van der Waals surface area contributed by atoms with Crippen molar-refractivity contribution in [3.63, 3.8) is 0 Å². The first kappa shape index (κ1) is 13.3. The summed E-state index contributed by atoms with van der Waals surface area (Å²) in [4.78, 5) is 2.33. The van der Waals surface area contributed by atoms with Crippen LogP contribution < -0.4 is 0 Å². The third-order valence-corrected chi connectivity index (χ3v) is 5.50. The van der Waals surface area contributed by atoms with E-state index in [4.69, 9.17) is 0 Å². The van der Waals surface area contributed by atoms with Crippen molar-refractivity contribution in [3.8, 4) is 0 Å². The van der Waals surface area contributed by atoms with Crippen LogP contribution in [-0.2, 0) is 5.60 Å². The lowest BCUT2D eigenvalue weighted by Crippen LogP contribution is -2.45. The van der Waals surface area contributed by atoms with Gasteiger partial charge in [-0.15, -0.1) is 0 Å². The van der Waals surface area contributed by atoms with Gasteiger partial charge in [-0.05, 0) is 71.2 Å². The van der Waals surface area contributed by atoms with Crippen LogP contribution >= 0.6 is 22.7 Å². The van der Waals surface area contributed by atoms with E-state index in [1.165, 1.54) is 0 Å².